The molecule has 0 saturated heterocycles. The second kappa shape index (κ2) is 2.75. The van der Waals surface area contributed by atoms with Gasteiger partial charge < -0.3 is 5.11 Å². The summed E-state index contributed by atoms with van der Waals surface area (Å²) in [5.74, 6) is 2.71. The number of fused-ring (bicyclic) bond motifs is 1. The number of aliphatic hydroxyl groups is 1. The van der Waals surface area contributed by atoms with E-state index < -0.39 is 0 Å². The molecule has 0 aliphatic heterocycles. The largest absolute Gasteiger partial charge is 0.393 e. The molecular formula is C15H24O. The van der Waals surface area contributed by atoms with Crippen LogP contribution in [0.1, 0.15) is 40.5 Å². The Kier molecular flexibility index (Phi) is 1.86. The molecule has 3 aliphatic rings. The van der Waals surface area contributed by atoms with Crippen LogP contribution in [-0.4, -0.2) is 11.2 Å². The van der Waals surface area contributed by atoms with Crippen molar-refractivity contribution in [3.63, 3.8) is 0 Å². The van der Waals surface area contributed by atoms with Gasteiger partial charge in [-0.2, -0.15) is 0 Å². The Bertz CT molecular complexity index is 360. The number of allylic oxidation sites excluding steroid dienone is 1. The number of rotatable bonds is 1. The van der Waals surface area contributed by atoms with E-state index >= 15 is 0 Å². The molecule has 0 amide bonds. The third-order valence-corrected chi connectivity index (χ3v) is 6.81. The molecule has 0 aromatic rings. The normalized spacial score (nSPS) is 62.9. The van der Waals surface area contributed by atoms with E-state index in [-0.39, 0.29) is 6.10 Å². The van der Waals surface area contributed by atoms with Gasteiger partial charge in [0.1, 0.15) is 0 Å². The van der Waals surface area contributed by atoms with Crippen molar-refractivity contribution < 1.29 is 5.11 Å². The van der Waals surface area contributed by atoms with Gasteiger partial charge in [0.05, 0.1) is 6.10 Å². The Balaban J connectivity index is 2.01. The van der Waals surface area contributed by atoms with Crippen LogP contribution in [0.15, 0.2) is 12.2 Å². The van der Waals surface area contributed by atoms with E-state index in [1.807, 2.05) is 0 Å². The molecule has 0 aromatic heterocycles. The fourth-order valence-corrected chi connectivity index (χ4v) is 5.51. The molecule has 0 radical (unpaired) electrons. The summed E-state index contributed by atoms with van der Waals surface area (Å²) in [6.45, 7) is 13.6. The molecule has 3 fully saturated rings. The highest BCUT2D eigenvalue weighted by Crippen LogP contribution is 2.82. The molecule has 0 spiro atoms. The Labute approximate surface area is 98.9 Å². The predicted octanol–water partition coefficient (Wildman–Crippen LogP) is 3.24. The zero-order chi connectivity index (χ0) is 11.9. The molecule has 1 N–H and O–H groups in total. The smallest absolute Gasteiger partial charge is 0.0582 e. The van der Waals surface area contributed by atoms with E-state index in [0.29, 0.717) is 28.6 Å². The summed E-state index contributed by atoms with van der Waals surface area (Å²) in [5.41, 5.74) is 2.12. The molecule has 3 aliphatic carbocycles. The second-order valence-electron chi connectivity index (χ2n) is 7.08. The maximum absolute atomic E-state index is 10.2. The Morgan fingerprint density at radius 2 is 2.00 bits per heavy atom. The Morgan fingerprint density at radius 1 is 1.38 bits per heavy atom. The van der Waals surface area contributed by atoms with Gasteiger partial charge in [0, 0.05) is 0 Å². The zero-order valence-corrected chi connectivity index (χ0v) is 11.0. The minimum Gasteiger partial charge on any atom is -0.393 e. The highest BCUT2D eigenvalue weighted by atomic mass is 16.3. The van der Waals surface area contributed by atoms with Crippen molar-refractivity contribution in [1.82, 2.24) is 0 Å². The number of hydrogen-bond donors (Lipinski definition) is 1. The van der Waals surface area contributed by atoms with Gasteiger partial charge in [0.15, 0.2) is 0 Å². The number of aliphatic hydroxyl groups excluding tert-OH is 1. The molecule has 2 unspecified atom stereocenters. The van der Waals surface area contributed by atoms with Gasteiger partial charge in [-0.25, -0.2) is 0 Å². The van der Waals surface area contributed by atoms with Crippen molar-refractivity contribution in [2.24, 2.45) is 34.5 Å². The zero-order valence-electron chi connectivity index (χ0n) is 11.0. The Hall–Kier alpha value is -0.300. The van der Waals surface area contributed by atoms with Gasteiger partial charge in [0.2, 0.25) is 0 Å². The molecule has 1 nitrogen and oxygen atoms in total. The van der Waals surface area contributed by atoms with Gasteiger partial charge in [-0.15, -0.1) is 0 Å². The van der Waals surface area contributed by atoms with E-state index in [1.165, 1.54) is 12.0 Å². The van der Waals surface area contributed by atoms with Crippen LogP contribution in [0.4, 0.5) is 0 Å². The quantitative estimate of drug-likeness (QED) is 0.673. The summed E-state index contributed by atoms with van der Waals surface area (Å²) < 4.78 is 0. The lowest BCUT2D eigenvalue weighted by molar-refractivity contribution is -0.000868. The van der Waals surface area contributed by atoms with Crippen molar-refractivity contribution in [3.8, 4) is 0 Å². The average molecular weight is 220 g/mol. The molecule has 16 heavy (non-hydrogen) atoms. The molecule has 0 aromatic carbocycles. The molecule has 7 atom stereocenters. The summed E-state index contributed by atoms with van der Waals surface area (Å²) in [6, 6.07) is 0. The summed E-state index contributed by atoms with van der Waals surface area (Å²) >= 11 is 0. The van der Waals surface area contributed by atoms with Crippen molar-refractivity contribution in [2.75, 3.05) is 0 Å². The van der Waals surface area contributed by atoms with Crippen molar-refractivity contribution >= 4 is 0 Å². The van der Waals surface area contributed by atoms with Crippen LogP contribution in [0.5, 0.6) is 0 Å². The first kappa shape index (κ1) is 10.8. The van der Waals surface area contributed by atoms with Crippen molar-refractivity contribution in [3.05, 3.63) is 12.2 Å². The van der Waals surface area contributed by atoms with Crippen LogP contribution in [0, 0.1) is 34.5 Å². The summed E-state index contributed by atoms with van der Waals surface area (Å²) in [5, 5.41) is 10.2. The lowest BCUT2D eigenvalue weighted by Gasteiger charge is -2.48. The topological polar surface area (TPSA) is 20.2 Å². The van der Waals surface area contributed by atoms with E-state index in [1.54, 1.807) is 0 Å². The molecule has 0 bridgehead atoms. The van der Waals surface area contributed by atoms with Gasteiger partial charge in [-0.1, -0.05) is 32.9 Å². The maximum atomic E-state index is 10.2. The molecule has 3 rings (SSSR count). The predicted molar refractivity (Wildman–Crippen MR) is 65.9 cm³/mol. The third-order valence-electron chi connectivity index (χ3n) is 6.81. The van der Waals surface area contributed by atoms with Gasteiger partial charge in [-0.3, -0.25) is 0 Å². The van der Waals surface area contributed by atoms with Crippen molar-refractivity contribution in [2.45, 2.75) is 46.6 Å². The minimum atomic E-state index is -0.0338. The fourth-order valence-electron chi connectivity index (χ4n) is 5.51. The van der Waals surface area contributed by atoms with E-state index in [9.17, 15) is 5.11 Å². The summed E-state index contributed by atoms with van der Waals surface area (Å²) in [4.78, 5) is 0. The molecule has 0 heterocycles. The SMILES string of the molecule is C=C(C)[C@@H]1CC2C3[C@H](O)C[C@](C)([C@H]1C)[C@]23C. The van der Waals surface area contributed by atoms with Gasteiger partial charge in [-0.05, 0) is 54.3 Å². The van der Waals surface area contributed by atoms with Crippen LogP contribution in [0.2, 0.25) is 0 Å². The van der Waals surface area contributed by atoms with Crippen LogP contribution in [0.3, 0.4) is 0 Å². The van der Waals surface area contributed by atoms with Crippen LogP contribution in [0.25, 0.3) is 0 Å². The first-order chi connectivity index (χ1) is 7.34. The first-order valence-electron chi connectivity index (χ1n) is 6.67. The van der Waals surface area contributed by atoms with E-state index in [0.717, 1.165) is 12.3 Å². The standard InChI is InChI=1S/C15H24O/c1-8(2)10-6-11-13-12(16)7-14(4,9(10)3)15(11,13)5/h9-13,16H,1,6-7H2,2-5H3/t9-,10-,11?,12+,13?,14+,15+/m0/s1. The highest BCUT2D eigenvalue weighted by molar-refractivity contribution is 5.29. The van der Waals surface area contributed by atoms with Crippen LogP contribution >= 0.6 is 0 Å². The second-order valence-corrected chi connectivity index (χ2v) is 7.08. The number of hydrogen-bond acceptors (Lipinski definition) is 1. The molecule has 3 saturated carbocycles. The minimum absolute atomic E-state index is 0.0338. The maximum Gasteiger partial charge on any atom is 0.0582 e. The van der Waals surface area contributed by atoms with Crippen molar-refractivity contribution in [1.29, 1.82) is 0 Å². The summed E-state index contributed by atoms with van der Waals surface area (Å²) in [7, 11) is 0. The summed E-state index contributed by atoms with van der Waals surface area (Å²) in [6.07, 6.45) is 2.24. The lowest BCUT2D eigenvalue weighted by Crippen LogP contribution is -2.42. The monoisotopic (exact) mass is 220 g/mol. The lowest BCUT2D eigenvalue weighted by atomic mass is 9.56. The van der Waals surface area contributed by atoms with E-state index in [4.69, 9.17) is 0 Å². The van der Waals surface area contributed by atoms with Gasteiger partial charge >= 0.3 is 0 Å². The average Bonchev–Trinajstić information content (AvgIpc) is 2.72. The molecule has 1 heteroatoms. The van der Waals surface area contributed by atoms with E-state index in [2.05, 4.69) is 34.3 Å². The van der Waals surface area contributed by atoms with Crippen LogP contribution in [-0.2, 0) is 0 Å². The molecular weight excluding hydrogens is 196 g/mol. The molecule has 90 valence electrons. The fraction of sp³-hybridized carbons (Fsp3) is 0.867. The first-order valence-corrected chi connectivity index (χ1v) is 6.67. The Morgan fingerprint density at radius 3 is 2.56 bits per heavy atom. The van der Waals surface area contributed by atoms with Gasteiger partial charge in [0.25, 0.3) is 0 Å². The third kappa shape index (κ3) is 0.895. The highest BCUT2D eigenvalue weighted by Gasteiger charge is 2.79. The van der Waals surface area contributed by atoms with Crippen LogP contribution < -0.4 is 0 Å².